The highest BCUT2D eigenvalue weighted by atomic mass is 16.5. The molecule has 1 fully saturated rings. The van der Waals surface area contributed by atoms with Crippen molar-refractivity contribution in [1.82, 2.24) is 0 Å². The van der Waals surface area contributed by atoms with Crippen LogP contribution in [0, 0.1) is 17.3 Å². The van der Waals surface area contributed by atoms with Crippen LogP contribution >= 0.6 is 0 Å². The Balaban J connectivity index is 2.51. The molecule has 1 saturated carbocycles. The summed E-state index contributed by atoms with van der Waals surface area (Å²) in [4.78, 5) is 11.5. The summed E-state index contributed by atoms with van der Waals surface area (Å²) in [5.41, 5.74) is 0.452. The predicted molar refractivity (Wildman–Crippen MR) is 75.4 cm³/mol. The first-order valence-corrected chi connectivity index (χ1v) is 7.61. The van der Waals surface area contributed by atoms with Crippen molar-refractivity contribution in [3.63, 3.8) is 0 Å². The molecule has 0 N–H and O–H groups in total. The molecule has 0 spiro atoms. The molecular weight excluding hydrogens is 224 g/mol. The van der Waals surface area contributed by atoms with Gasteiger partial charge >= 0.3 is 5.97 Å². The van der Waals surface area contributed by atoms with E-state index < -0.39 is 0 Å². The van der Waals surface area contributed by atoms with E-state index in [2.05, 4.69) is 27.7 Å². The second-order valence-electron chi connectivity index (χ2n) is 6.48. The summed E-state index contributed by atoms with van der Waals surface area (Å²) in [5, 5.41) is 0. The number of ether oxygens (including phenoxy) is 1. The molecule has 18 heavy (non-hydrogen) atoms. The molecule has 1 aliphatic rings. The lowest BCUT2D eigenvalue weighted by Crippen LogP contribution is -2.39. The molecule has 1 aliphatic carbocycles. The molecule has 106 valence electrons. The molecule has 0 saturated heterocycles. The minimum absolute atomic E-state index is 0.0101. The van der Waals surface area contributed by atoms with E-state index in [4.69, 9.17) is 4.74 Å². The van der Waals surface area contributed by atoms with Crippen LogP contribution in [0.4, 0.5) is 0 Å². The third kappa shape index (κ3) is 3.49. The van der Waals surface area contributed by atoms with Crippen LogP contribution in [0.1, 0.15) is 73.1 Å². The molecule has 0 bridgehead atoms. The minimum atomic E-state index is -0.0101. The van der Waals surface area contributed by atoms with Gasteiger partial charge in [0.1, 0.15) is 6.10 Å². The topological polar surface area (TPSA) is 26.3 Å². The SMILES string of the molecule is CCCC(=O)OC1CCC(C(C)C)(C(C)C)CC1. The maximum Gasteiger partial charge on any atom is 0.306 e. The first kappa shape index (κ1) is 15.5. The fraction of sp³-hybridized carbons (Fsp3) is 0.938. The first-order valence-electron chi connectivity index (χ1n) is 7.61. The lowest BCUT2D eigenvalue weighted by molar-refractivity contribution is -0.152. The van der Waals surface area contributed by atoms with E-state index >= 15 is 0 Å². The van der Waals surface area contributed by atoms with E-state index in [9.17, 15) is 4.79 Å². The van der Waals surface area contributed by atoms with Crippen molar-refractivity contribution in [2.24, 2.45) is 17.3 Å². The summed E-state index contributed by atoms with van der Waals surface area (Å²) in [6.45, 7) is 11.4. The first-order chi connectivity index (χ1) is 8.42. The Kier molecular flexibility index (Phi) is 5.68. The van der Waals surface area contributed by atoms with Crippen LogP contribution < -0.4 is 0 Å². The maximum absolute atomic E-state index is 11.5. The number of hydrogen-bond donors (Lipinski definition) is 0. The third-order valence-electron chi connectivity index (χ3n) is 4.92. The Morgan fingerprint density at radius 3 is 2.06 bits per heavy atom. The summed E-state index contributed by atoms with van der Waals surface area (Å²) < 4.78 is 5.55. The zero-order valence-electron chi connectivity index (χ0n) is 12.8. The van der Waals surface area contributed by atoms with Crippen LogP contribution in [0.15, 0.2) is 0 Å². The van der Waals surface area contributed by atoms with E-state index in [-0.39, 0.29) is 12.1 Å². The van der Waals surface area contributed by atoms with Gasteiger partial charge in [-0.3, -0.25) is 4.79 Å². The van der Waals surface area contributed by atoms with Gasteiger partial charge in [0, 0.05) is 6.42 Å². The predicted octanol–water partition coefficient (Wildman–Crippen LogP) is 4.57. The molecule has 0 aromatic heterocycles. The largest absolute Gasteiger partial charge is 0.462 e. The second kappa shape index (κ2) is 6.58. The normalized spacial score (nSPS) is 20.4. The third-order valence-corrected chi connectivity index (χ3v) is 4.92. The van der Waals surface area contributed by atoms with Crippen molar-refractivity contribution in [2.45, 2.75) is 79.2 Å². The fourth-order valence-corrected chi connectivity index (χ4v) is 3.52. The van der Waals surface area contributed by atoms with Gasteiger partial charge < -0.3 is 4.74 Å². The zero-order valence-corrected chi connectivity index (χ0v) is 12.8. The molecule has 0 aromatic rings. The lowest BCUT2D eigenvalue weighted by Gasteiger charge is -2.46. The highest BCUT2D eigenvalue weighted by Gasteiger charge is 2.41. The van der Waals surface area contributed by atoms with Crippen molar-refractivity contribution in [2.75, 3.05) is 0 Å². The van der Waals surface area contributed by atoms with Gasteiger partial charge in [0.2, 0.25) is 0 Å². The average Bonchev–Trinajstić information content (AvgIpc) is 2.29. The molecule has 0 aromatic carbocycles. The summed E-state index contributed by atoms with van der Waals surface area (Å²) >= 11 is 0. The average molecular weight is 254 g/mol. The molecule has 0 atom stereocenters. The molecule has 1 rings (SSSR count). The van der Waals surface area contributed by atoms with Crippen molar-refractivity contribution < 1.29 is 9.53 Å². The van der Waals surface area contributed by atoms with Gasteiger partial charge in [-0.05, 0) is 49.4 Å². The number of esters is 1. The zero-order chi connectivity index (χ0) is 13.8. The van der Waals surface area contributed by atoms with Gasteiger partial charge in [-0.1, -0.05) is 34.6 Å². The number of hydrogen-bond acceptors (Lipinski definition) is 2. The molecule has 2 heteroatoms. The molecular formula is C16H30O2. The standard InChI is InChI=1S/C16H30O2/c1-6-7-15(17)18-14-8-10-16(11-9-14,12(2)3)13(4)5/h12-14H,6-11H2,1-5H3. The number of rotatable bonds is 5. The quantitative estimate of drug-likeness (QED) is 0.672. The van der Waals surface area contributed by atoms with Crippen LogP contribution in [0.5, 0.6) is 0 Å². The number of carbonyl (C=O) groups is 1. The van der Waals surface area contributed by atoms with Crippen LogP contribution in [0.2, 0.25) is 0 Å². The minimum Gasteiger partial charge on any atom is -0.462 e. The van der Waals surface area contributed by atoms with Crippen LogP contribution in [-0.2, 0) is 9.53 Å². The molecule has 0 heterocycles. The van der Waals surface area contributed by atoms with Crippen molar-refractivity contribution in [3.05, 3.63) is 0 Å². The molecule has 0 aliphatic heterocycles. The van der Waals surface area contributed by atoms with Gasteiger partial charge in [-0.15, -0.1) is 0 Å². The highest BCUT2D eigenvalue weighted by molar-refractivity contribution is 5.69. The van der Waals surface area contributed by atoms with Gasteiger partial charge in [-0.2, -0.15) is 0 Å². The maximum atomic E-state index is 11.5. The summed E-state index contributed by atoms with van der Waals surface area (Å²) in [7, 11) is 0. The Morgan fingerprint density at radius 1 is 1.17 bits per heavy atom. The summed E-state index contributed by atoms with van der Waals surface area (Å²) in [6.07, 6.45) is 6.12. The van der Waals surface area contributed by atoms with Gasteiger partial charge in [-0.25, -0.2) is 0 Å². The van der Waals surface area contributed by atoms with Crippen molar-refractivity contribution >= 4 is 5.97 Å². The smallest absolute Gasteiger partial charge is 0.306 e. The van der Waals surface area contributed by atoms with Gasteiger partial charge in [0.25, 0.3) is 0 Å². The highest BCUT2D eigenvalue weighted by Crippen LogP contribution is 2.48. The van der Waals surface area contributed by atoms with E-state index in [0.29, 0.717) is 23.7 Å². The van der Waals surface area contributed by atoms with E-state index in [1.165, 1.54) is 12.8 Å². The Hall–Kier alpha value is -0.530. The van der Waals surface area contributed by atoms with Crippen LogP contribution in [-0.4, -0.2) is 12.1 Å². The van der Waals surface area contributed by atoms with Crippen molar-refractivity contribution in [1.29, 1.82) is 0 Å². The lowest BCUT2D eigenvalue weighted by atomic mass is 9.60. The molecule has 0 amide bonds. The number of carbonyl (C=O) groups excluding carboxylic acids is 1. The summed E-state index contributed by atoms with van der Waals surface area (Å²) in [5.74, 6) is 1.42. The molecule has 0 unspecified atom stereocenters. The van der Waals surface area contributed by atoms with Gasteiger partial charge in [0.15, 0.2) is 0 Å². The fourth-order valence-electron chi connectivity index (χ4n) is 3.52. The van der Waals surface area contributed by atoms with Gasteiger partial charge in [0.05, 0.1) is 0 Å². The van der Waals surface area contributed by atoms with Crippen LogP contribution in [0.25, 0.3) is 0 Å². The van der Waals surface area contributed by atoms with E-state index in [0.717, 1.165) is 19.3 Å². The summed E-state index contributed by atoms with van der Waals surface area (Å²) in [6, 6.07) is 0. The Morgan fingerprint density at radius 2 is 1.67 bits per heavy atom. The second-order valence-corrected chi connectivity index (χ2v) is 6.48. The van der Waals surface area contributed by atoms with E-state index in [1.54, 1.807) is 0 Å². The monoisotopic (exact) mass is 254 g/mol. The Labute approximate surface area is 112 Å². The van der Waals surface area contributed by atoms with Crippen LogP contribution in [0.3, 0.4) is 0 Å². The van der Waals surface area contributed by atoms with E-state index in [1.807, 2.05) is 6.92 Å². The molecule has 0 radical (unpaired) electrons. The Bertz CT molecular complexity index is 250. The van der Waals surface area contributed by atoms with Crippen molar-refractivity contribution in [3.8, 4) is 0 Å². The molecule has 2 nitrogen and oxygen atoms in total.